The van der Waals surface area contributed by atoms with E-state index in [2.05, 4.69) is 21.7 Å². The van der Waals surface area contributed by atoms with Gasteiger partial charge in [-0.15, -0.1) is 0 Å². The lowest BCUT2D eigenvalue weighted by Crippen LogP contribution is -2.40. The minimum absolute atomic E-state index is 0.0508. The number of piperidine rings is 1. The summed E-state index contributed by atoms with van der Waals surface area (Å²) in [7, 11) is 0. The molecule has 3 amide bonds. The van der Waals surface area contributed by atoms with Gasteiger partial charge in [0.2, 0.25) is 0 Å². The zero-order valence-electron chi connectivity index (χ0n) is 23.1. The maximum Gasteiger partial charge on any atom is 0.335 e. The highest BCUT2D eigenvalue weighted by Gasteiger charge is 2.29. The van der Waals surface area contributed by atoms with Gasteiger partial charge in [-0.25, -0.2) is 14.4 Å². The van der Waals surface area contributed by atoms with Crippen LogP contribution in [-0.4, -0.2) is 62.8 Å². The first-order valence-corrected chi connectivity index (χ1v) is 13.5. The van der Waals surface area contributed by atoms with Gasteiger partial charge in [0.1, 0.15) is 0 Å². The molecule has 4 aromatic rings. The number of carboxylic acids is 2. The van der Waals surface area contributed by atoms with Gasteiger partial charge in [-0.1, -0.05) is 42.5 Å². The fraction of sp³-hybridized carbons (Fsp3) is 0.125. The Labute approximate surface area is 250 Å². The lowest BCUT2D eigenvalue weighted by atomic mass is 9.93. The molecule has 0 atom stereocenters. The number of likely N-dealkylation sites (tertiary alicyclic amines) is 1. The summed E-state index contributed by atoms with van der Waals surface area (Å²) in [5, 5.41) is 33.7. The molecule has 1 saturated heterocycles. The van der Waals surface area contributed by atoms with Crippen LogP contribution in [0.25, 0.3) is 16.5 Å². The number of hydrogen-bond donors (Lipinski definition) is 5. The van der Waals surface area contributed by atoms with Gasteiger partial charge in [0.15, 0.2) is 0 Å². The predicted octanol–water partition coefficient (Wildman–Crippen LogP) is 4.99. The average molecular weight is 592 g/mol. The number of nitrogens with one attached hydrogen (secondary N) is 3. The third-order valence-corrected chi connectivity index (χ3v) is 7.27. The average Bonchev–Trinajstić information content (AvgIpc) is 3.46. The maximum absolute atomic E-state index is 13.3. The molecule has 12 heteroatoms. The van der Waals surface area contributed by atoms with Crippen LogP contribution in [0.5, 0.6) is 0 Å². The number of fused-ring (bicyclic) bond motifs is 1. The van der Waals surface area contributed by atoms with E-state index in [9.17, 15) is 39.4 Å². The van der Waals surface area contributed by atoms with Crippen molar-refractivity contribution in [2.75, 3.05) is 23.7 Å². The van der Waals surface area contributed by atoms with E-state index in [1.54, 1.807) is 18.2 Å². The summed E-state index contributed by atoms with van der Waals surface area (Å²) in [5.74, 6) is -4.12. The van der Waals surface area contributed by atoms with Crippen molar-refractivity contribution >= 4 is 57.5 Å². The van der Waals surface area contributed by atoms with Gasteiger partial charge in [0.05, 0.1) is 39.5 Å². The molecular formula is C32H25N5O7. The number of benzene rings is 3. The van der Waals surface area contributed by atoms with Crippen molar-refractivity contribution in [1.82, 2.24) is 9.88 Å². The Kier molecular flexibility index (Phi) is 8.21. The van der Waals surface area contributed by atoms with Gasteiger partial charge in [-0.2, -0.15) is 5.26 Å². The monoisotopic (exact) mass is 591 g/mol. The van der Waals surface area contributed by atoms with Crippen molar-refractivity contribution < 1.29 is 34.2 Å². The number of H-pyrrole nitrogens is 1. The molecule has 0 spiro atoms. The Bertz CT molecular complexity index is 1860. The zero-order valence-corrected chi connectivity index (χ0v) is 23.1. The van der Waals surface area contributed by atoms with Crippen molar-refractivity contribution in [3.05, 3.63) is 101 Å². The SMILES string of the molecule is N#CC(=C1CCN(C(=O)C(=O)c2c[nH]c3c(NC(=O)Nc4cc(C(=O)O)cc(C(=O)O)c4)cccc23)CC1)c1ccccc1. The number of carbonyl (C=O) groups excluding carboxylic acids is 3. The van der Waals surface area contributed by atoms with E-state index in [0.717, 1.165) is 29.3 Å². The van der Waals surface area contributed by atoms with Crippen molar-refractivity contribution in [1.29, 1.82) is 5.26 Å². The molecule has 1 aromatic heterocycles. The first kappa shape index (κ1) is 29.3. The number of Topliss-reactive ketones (excluding diaryl/α,β-unsaturated/α-hetero) is 1. The molecule has 1 aliphatic heterocycles. The number of hydrogen-bond acceptors (Lipinski definition) is 6. The first-order chi connectivity index (χ1) is 21.2. The van der Waals surface area contributed by atoms with E-state index >= 15 is 0 Å². The third kappa shape index (κ3) is 6.02. The first-order valence-electron chi connectivity index (χ1n) is 13.5. The number of aromatic carboxylic acids is 2. The second kappa shape index (κ2) is 12.3. The summed E-state index contributed by atoms with van der Waals surface area (Å²) in [4.78, 5) is 66.4. The summed E-state index contributed by atoms with van der Waals surface area (Å²) >= 11 is 0. The minimum Gasteiger partial charge on any atom is -0.478 e. The van der Waals surface area contributed by atoms with Crippen LogP contribution in [0.15, 0.2) is 78.5 Å². The number of nitrogens with zero attached hydrogens (tertiary/aromatic N) is 2. The molecule has 220 valence electrons. The molecule has 0 radical (unpaired) electrons. The molecule has 2 heterocycles. The molecule has 1 fully saturated rings. The molecule has 3 aromatic carbocycles. The number of aromatic amines is 1. The minimum atomic E-state index is -1.36. The van der Waals surface area contributed by atoms with Gasteiger partial charge in [0, 0.05) is 30.4 Å². The second-order valence-corrected chi connectivity index (χ2v) is 10.00. The van der Waals surface area contributed by atoms with E-state index in [1.807, 2.05) is 30.3 Å². The number of anilines is 2. The second-order valence-electron chi connectivity index (χ2n) is 10.00. The number of urea groups is 1. The van der Waals surface area contributed by atoms with Gasteiger partial charge in [-0.3, -0.25) is 9.59 Å². The quantitative estimate of drug-likeness (QED) is 0.113. The number of ketones is 1. The Balaban J connectivity index is 1.29. The standard InChI is InChI=1S/C32H25N5O7/c33-16-24(18-5-2-1-3-6-18)19-9-11-37(12-10-19)29(39)28(38)25-17-34-27-23(25)7-4-8-26(27)36-32(44)35-22-14-20(30(40)41)13-21(15-22)31(42)43/h1-8,13-15,17,34H,9-12H2,(H,40,41)(H,42,43)(H2,35,36,44). The summed E-state index contributed by atoms with van der Waals surface area (Å²) in [6, 6.07) is 18.8. The number of rotatable bonds is 7. The molecule has 0 bridgehead atoms. The lowest BCUT2D eigenvalue weighted by Gasteiger charge is -2.28. The smallest absolute Gasteiger partial charge is 0.335 e. The molecular weight excluding hydrogens is 566 g/mol. The van der Waals surface area contributed by atoms with Crippen LogP contribution in [0.3, 0.4) is 0 Å². The topological polar surface area (TPSA) is 193 Å². The summed E-state index contributed by atoms with van der Waals surface area (Å²) in [5.41, 5.74) is 2.40. The van der Waals surface area contributed by atoms with Gasteiger partial charge in [0.25, 0.3) is 11.7 Å². The van der Waals surface area contributed by atoms with Gasteiger partial charge >= 0.3 is 18.0 Å². The van der Waals surface area contributed by atoms with Crippen LogP contribution in [0.4, 0.5) is 16.2 Å². The number of allylic oxidation sites excluding steroid dienone is 1. The van der Waals surface area contributed by atoms with Gasteiger partial charge < -0.3 is 30.7 Å². The summed E-state index contributed by atoms with van der Waals surface area (Å²) in [6.07, 6.45) is 2.33. The third-order valence-electron chi connectivity index (χ3n) is 7.27. The Morgan fingerprint density at radius 2 is 1.48 bits per heavy atom. The number of para-hydroxylation sites is 1. The molecule has 5 N–H and O–H groups in total. The van der Waals surface area contributed by atoms with Crippen molar-refractivity contribution in [2.45, 2.75) is 12.8 Å². The Morgan fingerprint density at radius 1 is 0.818 bits per heavy atom. The van der Waals surface area contributed by atoms with E-state index in [4.69, 9.17) is 0 Å². The molecule has 12 nitrogen and oxygen atoms in total. The van der Waals surface area contributed by atoms with E-state index in [1.165, 1.54) is 11.1 Å². The van der Waals surface area contributed by atoms with Gasteiger partial charge in [-0.05, 0) is 48.2 Å². The van der Waals surface area contributed by atoms with Crippen molar-refractivity contribution in [3.8, 4) is 6.07 Å². The summed E-state index contributed by atoms with van der Waals surface area (Å²) in [6.45, 7) is 0.583. The fourth-order valence-electron chi connectivity index (χ4n) is 5.12. The summed E-state index contributed by atoms with van der Waals surface area (Å²) < 4.78 is 0. The number of nitriles is 1. The molecule has 0 unspecified atom stereocenters. The normalized spacial score (nSPS) is 12.7. The number of aromatic nitrogens is 1. The van der Waals surface area contributed by atoms with Crippen LogP contribution in [0, 0.1) is 11.3 Å². The van der Waals surface area contributed by atoms with Crippen LogP contribution in [0.2, 0.25) is 0 Å². The van der Waals surface area contributed by atoms with Crippen LogP contribution < -0.4 is 10.6 Å². The largest absolute Gasteiger partial charge is 0.478 e. The predicted molar refractivity (Wildman–Crippen MR) is 160 cm³/mol. The van der Waals surface area contributed by atoms with E-state index in [0.29, 0.717) is 42.4 Å². The van der Waals surface area contributed by atoms with Crippen molar-refractivity contribution in [2.24, 2.45) is 0 Å². The molecule has 44 heavy (non-hydrogen) atoms. The van der Waals surface area contributed by atoms with Crippen molar-refractivity contribution in [3.63, 3.8) is 0 Å². The molecule has 1 aliphatic rings. The molecule has 0 saturated carbocycles. The number of carbonyl (C=O) groups is 5. The zero-order chi connectivity index (χ0) is 31.4. The van der Waals surface area contributed by atoms with E-state index < -0.39 is 29.7 Å². The molecule has 5 rings (SSSR count). The molecule has 0 aliphatic carbocycles. The van der Waals surface area contributed by atoms with E-state index in [-0.39, 0.29) is 28.1 Å². The lowest BCUT2D eigenvalue weighted by molar-refractivity contribution is -0.126. The highest BCUT2D eigenvalue weighted by Crippen LogP contribution is 2.29. The van der Waals surface area contributed by atoms with Crippen LogP contribution in [0.1, 0.15) is 49.5 Å². The Hall–Kier alpha value is -6.22. The highest BCUT2D eigenvalue weighted by atomic mass is 16.4. The van der Waals surface area contributed by atoms with Crippen LogP contribution in [-0.2, 0) is 4.79 Å². The highest BCUT2D eigenvalue weighted by molar-refractivity contribution is 6.45. The van der Waals surface area contributed by atoms with Crippen LogP contribution >= 0.6 is 0 Å². The fourth-order valence-corrected chi connectivity index (χ4v) is 5.12. The Morgan fingerprint density at radius 3 is 2.09 bits per heavy atom. The maximum atomic E-state index is 13.3. The number of amides is 3. The number of carboxylic acid groups (broad SMARTS) is 2.